The number of fused-ring (bicyclic) bond motifs is 3. The highest BCUT2D eigenvalue weighted by Crippen LogP contribution is 2.42. The number of benzene rings is 2. The van der Waals surface area contributed by atoms with Crippen molar-refractivity contribution < 1.29 is 9.53 Å². The van der Waals surface area contributed by atoms with Crippen LogP contribution in [-0.4, -0.2) is 24.4 Å². The number of hydrogen-bond acceptors (Lipinski definition) is 4. The average Bonchev–Trinajstić information content (AvgIpc) is 2.67. The minimum absolute atomic E-state index is 0.0840. The number of rotatable bonds is 3. The molecule has 5 nitrogen and oxygen atoms in total. The number of carbonyl (C=O) groups is 1. The van der Waals surface area contributed by atoms with Crippen LogP contribution in [0.4, 0.5) is 5.69 Å². The minimum atomic E-state index is -0.292. The van der Waals surface area contributed by atoms with Gasteiger partial charge in [-0.15, -0.1) is 0 Å². The monoisotopic (exact) mass is 361 g/mol. The molecule has 138 valence electrons. The molecule has 0 radical (unpaired) electrons. The fourth-order valence-corrected chi connectivity index (χ4v) is 4.18. The highest BCUT2D eigenvalue weighted by molar-refractivity contribution is 6.09. The summed E-state index contributed by atoms with van der Waals surface area (Å²) in [6, 6.07) is 14.6. The lowest BCUT2D eigenvalue weighted by Gasteiger charge is -2.39. The van der Waals surface area contributed by atoms with Crippen LogP contribution in [0.1, 0.15) is 31.7 Å². The van der Waals surface area contributed by atoms with E-state index in [4.69, 9.17) is 4.74 Å². The smallest absolute Gasteiger partial charge is 0.262 e. The molecule has 5 heteroatoms. The van der Waals surface area contributed by atoms with Crippen LogP contribution in [0.15, 0.2) is 47.6 Å². The van der Waals surface area contributed by atoms with Crippen molar-refractivity contribution in [3.05, 3.63) is 48.0 Å². The third-order valence-corrected chi connectivity index (χ3v) is 5.96. The lowest BCUT2D eigenvalue weighted by molar-refractivity contribution is -0.122. The van der Waals surface area contributed by atoms with Crippen LogP contribution >= 0.6 is 0 Å². The van der Waals surface area contributed by atoms with Gasteiger partial charge >= 0.3 is 0 Å². The lowest BCUT2D eigenvalue weighted by atomic mass is 9.79. The van der Waals surface area contributed by atoms with Crippen molar-refractivity contribution in [3.8, 4) is 16.9 Å². The van der Waals surface area contributed by atoms with Gasteiger partial charge in [0.05, 0.1) is 5.69 Å². The number of carbonyl (C=O) groups excluding carboxylic acids is 1. The zero-order valence-corrected chi connectivity index (χ0v) is 15.4. The summed E-state index contributed by atoms with van der Waals surface area (Å²) >= 11 is 0. The van der Waals surface area contributed by atoms with Crippen LogP contribution in [0.5, 0.6) is 5.75 Å². The van der Waals surface area contributed by atoms with Crippen molar-refractivity contribution in [2.45, 2.75) is 38.6 Å². The quantitative estimate of drug-likeness (QED) is 0.906. The van der Waals surface area contributed by atoms with Crippen molar-refractivity contribution in [2.75, 3.05) is 11.5 Å². The number of anilines is 1. The maximum Gasteiger partial charge on any atom is 0.262 e. The summed E-state index contributed by atoms with van der Waals surface area (Å²) in [4.78, 5) is 14.2. The highest BCUT2D eigenvalue weighted by Gasteiger charge is 2.36. The first-order valence-corrected chi connectivity index (χ1v) is 9.71. The molecule has 5 rings (SSSR count). The largest absolute Gasteiger partial charge is 0.483 e. The van der Waals surface area contributed by atoms with Crippen LogP contribution in [0.3, 0.4) is 0 Å². The van der Waals surface area contributed by atoms with Gasteiger partial charge in [0.15, 0.2) is 5.84 Å². The van der Waals surface area contributed by atoms with Crippen LogP contribution in [-0.2, 0) is 11.2 Å². The molecule has 1 fully saturated rings. The molecule has 1 aliphatic carbocycles. The Morgan fingerprint density at radius 1 is 1.22 bits per heavy atom. The summed E-state index contributed by atoms with van der Waals surface area (Å²) in [5.41, 5.74) is 7.32. The molecule has 1 N–H and O–H groups in total. The van der Waals surface area contributed by atoms with E-state index in [1.807, 2.05) is 17.9 Å². The van der Waals surface area contributed by atoms with Crippen molar-refractivity contribution in [3.63, 3.8) is 0 Å². The molecule has 1 atom stereocenters. The molecule has 0 unspecified atom stereocenters. The average molecular weight is 361 g/mol. The van der Waals surface area contributed by atoms with Gasteiger partial charge in [0.1, 0.15) is 18.4 Å². The molecule has 2 aromatic rings. The maximum atomic E-state index is 12.2. The van der Waals surface area contributed by atoms with Crippen LogP contribution < -0.4 is 15.1 Å². The SMILES string of the molecule is C[C@@H]1C(=O)NN=C2COc3cc(-c4ccccc4)c(CC4CCC4)cc3N21. The molecule has 3 aliphatic rings. The van der Waals surface area contributed by atoms with E-state index in [9.17, 15) is 4.79 Å². The van der Waals surface area contributed by atoms with Crippen LogP contribution in [0.25, 0.3) is 11.1 Å². The number of ether oxygens (including phenoxy) is 1. The van der Waals surface area contributed by atoms with Gasteiger partial charge in [0, 0.05) is 0 Å². The number of hydrogen-bond donors (Lipinski definition) is 1. The van der Waals surface area contributed by atoms with Gasteiger partial charge in [-0.2, -0.15) is 5.10 Å². The molecule has 2 aromatic carbocycles. The Labute approximate surface area is 159 Å². The number of amidine groups is 1. The summed E-state index contributed by atoms with van der Waals surface area (Å²) in [6.45, 7) is 2.28. The molecular formula is C22H23N3O2. The van der Waals surface area contributed by atoms with Gasteiger partial charge in [0.2, 0.25) is 0 Å². The standard InChI is InChI=1S/C22H23N3O2/c1-14-22(26)24-23-21-13-27-20-12-18(16-8-3-2-4-9-16)17(10-15-6-5-7-15)11-19(20)25(14)21/h2-4,8-9,11-12,14-15H,5-7,10,13H2,1H3,(H,24,26)/t14-/m1/s1. The van der Waals surface area contributed by atoms with Crippen molar-refractivity contribution in [2.24, 2.45) is 11.0 Å². The number of nitrogens with one attached hydrogen (secondary N) is 1. The third kappa shape index (κ3) is 2.78. The van der Waals surface area contributed by atoms with Gasteiger partial charge < -0.3 is 9.64 Å². The summed E-state index contributed by atoms with van der Waals surface area (Å²) in [7, 11) is 0. The predicted molar refractivity (Wildman–Crippen MR) is 106 cm³/mol. The first-order chi connectivity index (χ1) is 13.2. The zero-order chi connectivity index (χ0) is 18.4. The Bertz CT molecular complexity index is 919. The molecule has 2 aliphatic heterocycles. The van der Waals surface area contributed by atoms with E-state index in [1.54, 1.807) is 0 Å². The van der Waals surface area contributed by atoms with E-state index in [-0.39, 0.29) is 11.9 Å². The zero-order valence-electron chi connectivity index (χ0n) is 15.4. The topological polar surface area (TPSA) is 53.9 Å². The summed E-state index contributed by atoms with van der Waals surface area (Å²) in [5.74, 6) is 2.26. The Kier molecular flexibility index (Phi) is 3.88. The molecular weight excluding hydrogens is 338 g/mol. The van der Waals surface area contributed by atoms with Crippen molar-refractivity contribution in [1.29, 1.82) is 0 Å². The van der Waals surface area contributed by atoms with E-state index in [1.165, 1.54) is 36.0 Å². The fourth-order valence-electron chi connectivity index (χ4n) is 4.18. The predicted octanol–water partition coefficient (Wildman–Crippen LogP) is 3.73. The minimum Gasteiger partial charge on any atom is -0.483 e. The van der Waals surface area contributed by atoms with E-state index in [2.05, 4.69) is 46.9 Å². The Balaban J connectivity index is 1.63. The molecule has 0 saturated heterocycles. The van der Waals surface area contributed by atoms with Gasteiger partial charge in [-0.3, -0.25) is 4.79 Å². The molecule has 0 bridgehead atoms. The molecule has 0 aromatic heterocycles. The first-order valence-electron chi connectivity index (χ1n) is 9.71. The maximum absolute atomic E-state index is 12.2. The molecule has 27 heavy (non-hydrogen) atoms. The van der Waals surface area contributed by atoms with E-state index in [0.717, 1.165) is 29.6 Å². The first kappa shape index (κ1) is 16.4. The summed E-state index contributed by atoms with van der Waals surface area (Å²) in [6.07, 6.45) is 5.01. The van der Waals surface area contributed by atoms with Gasteiger partial charge in [-0.25, -0.2) is 5.43 Å². The number of amides is 1. The number of hydrazone groups is 1. The second-order valence-electron chi connectivity index (χ2n) is 7.68. The van der Waals surface area contributed by atoms with Gasteiger partial charge in [-0.05, 0) is 48.1 Å². The summed E-state index contributed by atoms with van der Waals surface area (Å²) in [5, 5.41) is 4.20. The normalized spacial score (nSPS) is 21.4. The van der Waals surface area contributed by atoms with Crippen molar-refractivity contribution >= 4 is 17.4 Å². The fraction of sp³-hybridized carbons (Fsp3) is 0.364. The second-order valence-corrected chi connectivity index (χ2v) is 7.68. The lowest BCUT2D eigenvalue weighted by Crippen LogP contribution is -2.55. The highest BCUT2D eigenvalue weighted by atomic mass is 16.5. The molecule has 1 saturated carbocycles. The summed E-state index contributed by atoms with van der Waals surface area (Å²) < 4.78 is 6.02. The Morgan fingerprint density at radius 2 is 2.04 bits per heavy atom. The van der Waals surface area contributed by atoms with Gasteiger partial charge in [-0.1, -0.05) is 49.6 Å². The number of nitrogens with zero attached hydrogens (tertiary/aromatic N) is 2. The van der Waals surface area contributed by atoms with Crippen molar-refractivity contribution in [1.82, 2.24) is 5.43 Å². The van der Waals surface area contributed by atoms with E-state index >= 15 is 0 Å². The van der Waals surface area contributed by atoms with Crippen LogP contribution in [0, 0.1) is 5.92 Å². The third-order valence-electron chi connectivity index (χ3n) is 5.96. The Hall–Kier alpha value is -2.82. The Morgan fingerprint density at radius 3 is 2.78 bits per heavy atom. The molecule has 0 spiro atoms. The molecule has 2 heterocycles. The van der Waals surface area contributed by atoms with E-state index in [0.29, 0.717) is 6.61 Å². The molecule has 1 amide bonds. The van der Waals surface area contributed by atoms with E-state index < -0.39 is 0 Å². The second kappa shape index (κ2) is 6.41. The van der Waals surface area contributed by atoms with Gasteiger partial charge in [0.25, 0.3) is 5.91 Å². The van der Waals surface area contributed by atoms with Crippen LogP contribution in [0.2, 0.25) is 0 Å².